The Morgan fingerprint density at radius 2 is 2.00 bits per heavy atom. The van der Waals surface area contributed by atoms with E-state index in [4.69, 9.17) is 10.5 Å². The standard InChI is InChI=1S/C23H30F2N6O2/c1-3-30-12-4-5-19(14-30)32-20-13-15(2)27-23(28-20)29-22(26)31(16-6-7-16)17-8-10-18(11-9-17)33-21(24)25/h8-11,13,16,19,21H,3-7,12,14H2,1-2H3,(H2,26,27,28,29). The summed E-state index contributed by atoms with van der Waals surface area (Å²) in [5.74, 6) is 1.05. The summed E-state index contributed by atoms with van der Waals surface area (Å²) in [6.07, 6.45) is 4.09. The van der Waals surface area contributed by atoms with Gasteiger partial charge in [0.2, 0.25) is 11.8 Å². The Kier molecular flexibility index (Phi) is 7.22. The number of hydrogen-bond donors (Lipinski definition) is 1. The molecule has 4 rings (SSSR count). The summed E-state index contributed by atoms with van der Waals surface area (Å²) >= 11 is 0. The van der Waals surface area contributed by atoms with Gasteiger partial charge in [-0.2, -0.15) is 18.8 Å². The molecular formula is C23H30F2N6O2. The molecule has 178 valence electrons. The Morgan fingerprint density at radius 1 is 1.24 bits per heavy atom. The van der Waals surface area contributed by atoms with E-state index < -0.39 is 6.61 Å². The highest BCUT2D eigenvalue weighted by molar-refractivity contribution is 5.97. The minimum atomic E-state index is -2.87. The van der Waals surface area contributed by atoms with Gasteiger partial charge in [0.25, 0.3) is 5.95 Å². The average molecular weight is 461 g/mol. The number of hydrogen-bond acceptors (Lipinski definition) is 6. The van der Waals surface area contributed by atoms with Crippen molar-refractivity contribution < 1.29 is 18.3 Å². The van der Waals surface area contributed by atoms with Gasteiger partial charge in [-0.1, -0.05) is 6.92 Å². The van der Waals surface area contributed by atoms with Gasteiger partial charge in [-0.3, -0.25) is 4.90 Å². The largest absolute Gasteiger partial charge is 0.473 e. The molecule has 1 aromatic carbocycles. The van der Waals surface area contributed by atoms with Gasteiger partial charge in [0.15, 0.2) is 0 Å². The smallest absolute Gasteiger partial charge is 0.387 e. The van der Waals surface area contributed by atoms with Crippen LogP contribution >= 0.6 is 0 Å². The van der Waals surface area contributed by atoms with Crippen LogP contribution in [0, 0.1) is 6.92 Å². The Bertz CT molecular complexity index is 968. The molecule has 2 N–H and O–H groups in total. The van der Waals surface area contributed by atoms with Gasteiger partial charge in [0.05, 0.1) is 0 Å². The normalized spacial score (nSPS) is 19.5. The van der Waals surface area contributed by atoms with Crippen LogP contribution in [0.25, 0.3) is 0 Å². The second-order valence-electron chi connectivity index (χ2n) is 8.37. The van der Waals surface area contributed by atoms with Crippen LogP contribution in [0.2, 0.25) is 0 Å². The van der Waals surface area contributed by atoms with Crippen LogP contribution in [0.1, 0.15) is 38.3 Å². The zero-order chi connectivity index (χ0) is 23.4. The topological polar surface area (TPSA) is 89.1 Å². The average Bonchev–Trinajstić information content (AvgIpc) is 3.59. The number of anilines is 1. The first-order valence-corrected chi connectivity index (χ1v) is 11.3. The van der Waals surface area contributed by atoms with Gasteiger partial charge in [0.1, 0.15) is 11.9 Å². The van der Waals surface area contributed by atoms with Gasteiger partial charge < -0.3 is 20.1 Å². The monoisotopic (exact) mass is 460 g/mol. The summed E-state index contributed by atoms with van der Waals surface area (Å²) in [7, 11) is 0. The lowest BCUT2D eigenvalue weighted by molar-refractivity contribution is -0.0498. The maximum Gasteiger partial charge on any atom is 0.387 e. The number of nitrogens with zero attached hydrogens (tertiary/aromatic N) is 5. The van der Waals surface area contributed by atoms with Gasteiger partial charge in [-0.15, -0.1) is 0 Å². The number of guanidine groups is 1. The van der Waals surface area contributed by atoms with Gasteiger partial charge >= 0.3 is 6.61 Å². The van der Waals surface area contributed by atoms with E-state index in [0.717, 1.165) is 56.7 Å². The maximum absolute atomic E-state index is 12.4. The number of piperidine rings is 1. The van der Waals surface area contributed by atoms with Gasteiger partial charge in [-0.25, -0.2) is 4.98 Å². The molecule has 1 aromatic heterocycles. The molecule has 1 aliphatic carbocycles. The molecule has 0 radical (unpaired) electrons. The van der Waals surface area contributed by atoms with E-state index in [1.54, 1.807) is 18.2 Å². The summed E-state index contributed by atoms with van der Waals surface area (Å²) in [5.41, 5.74) is 7.84. The van der Waals surface area contributed by atoms with E-state index in [1.807, 2.05) is 11.8 Å². The lowest BCUT2D eigenvalue weighted by Gasteiger charge is -2.31. The lowest BCUT2D eigenvalue weighted by atomic mass is 10.1. The highest BCUT2D eigenvalue weighted by atomic mass is 19.3. The van der Waals surface area contributed by atoms with Crippen molar-refractivity contribution in [3.05, 3.63) is 36.0 Å². The summed E-state index contributed by atoms with van der Waals surface area (Å²) < 4.78 is 35.5. The predicted octanol–water partition coefficient (Wildman–Crippen LogP) is 3.86. The van der Waals surface area contributed by atoms with Crippen molar-refractivity contribution in [3.8, 4) is 11.6 Å². The molecule has 1 unspecified atom stereocenters. The molecule has 0 amide bonds. The first kappa shape index (κ1) is 23.2. The molecule has 1 saturated carbocycles. The Labute approximate surface area is 192 Å². The summed E-state index contributed by atoms with van der Waals surface area (Å²) in [6, 6.07) is 8.35. The van der Waals surface area contributed by atoms with Crippen LogP contribution in [-0.4, -0.2) is 59.2 Å². The predicted molar refractivity (Wildman–Crippen MR) is 122 cm³/mol. The Hall–Kier alpha value is -3.01. The van der Waals surface area contributed by atoms with Crippen molar-refractivity contribution in [1.29, 1.82) is 0 Å². The van der Waals surface area contributed by atoms with Crippen LogP contribution in [-0.2, 0) is 0 Å². The van der Waals surface area contributed by atoms with Crippen molar-refractivity contribution in [2.45, 2.75) is 58.3 Å². The molecule has 8 nitrogen and oxygen atoms in total. The fraction of sp³-hybridized carbons (Fsp3) is 0.522. The molecule has 2 aliphatic rings. The quantitative estimate of drug-likeness (QED) is 0.473. The minimum absolute atomic E-state index is 0.0825. The van der Waals surface area contributed by atoms with E-state index in [1.165, 1.54) is 12.1 Å². The molecule has 2 heterocycles. The van der Waals surface area contributed by atoms with Crippen LogP contribution in [0.15, 0.2) is 35.3 Å². The zero-order valence-corrected chi connectivity index (χ0v) is 19.0. The number of aliphatic imine (C=N–C) groups is 1. The molecule has 1 atom stereocenters. The summed E-state index contributed by atoms with van der Waals surface area (Å²) in [4.78, 5) is 17.6. The van der Waals surface area contributed by atoms with Crippen molar-refractivity contribution in [2.75, 3.05) is 24.5 Å². The molecule has 2 aromatic rings. The Balaban J connectivity index is 1.51. The van der Waals surface area contributed by atoms with E-state index in [2.05, 4.69) is 31.5 Å². The number of nitrogens with two attached hydrogens (primary N) is 1. The number of rotatable bonds is 8. The number of aromatic nitrogens is 2. The van der Waals surface area contributed by atoms with Gasteiger partial charge in [-0.05, 0) is 70.0 Å². The number of aryl methyl sites for hydroxylation is 1. The molecule has 1 aliphatic heterocycles. The molecule has 10 heteroatoms. The van der Waals surface area contributed by atoms with Crippen molar-refractivity contribution >= 4 is 17.6 Å². The molecule has 2 fully saturated rings. The van der Waals surface area contributed by atoms with Crippen molar-refractivity contribution in [2.24, 2.45) is 10.7 Å². The first-order chi connectivity index (χ1) is 15.9. The fourth-order valence-corrected chi connectivity index (χ4v) is 4.01. The van der Waals surface area contributed by atoms with E-state index in [0.29, 0.717) is 5.88 Å². The second kappa shape index (κ2) is 10.3. The highest BCUT2D eigenvalue weighted by Crippen LogP contribution is 2.33. The van der Waals surface area contributed by atoms with Crippen LogP contribution < -0.4 is 20.1 Å². The molecule has 33 heavy (non-hydrogen) atoms. The minimum Gasteiger partial charge on any atom is -0.473 e. The van der Waals surface area contributed by atoms with Crippen molar-refractivity contribution in [1.82, 2.24) is 14.9 Å². The first-order valence-electron chi connectivity index (χ1n) is 11.3. The van der Waals surface area contributed by atoms with Gasteiger partial charge in [0, 0.05) is 30.0 Å². The number of benzene rings is 1. The van der Waals surface area contributed by atoms with E-state index in [-0.39, 0.29) is 29.8 Å². The molecule has 0 spiro atoms. The van der Waals surface area contributed by atoms with Crippen LogP contribution in [0.5, 0.6) is 11.6 Å². The summed E-state index contributed by atoms with van der Waals surface area (Å²) in [5, 5.41) is 0. The number of likely N-dealkylation sites (N-methyl/N-ethyl adjacent to an activating group) is 1. The number of halogens is 2. The van der Waals surface area contributed by atoms with E-state index >= 15 is 0 Å². The van der Waals surface area contributed by atoms with Crippen molar-refractivity contribution in [3.63, 3.8) is 0 Å². The second-order valence-corrected chi connectivity index (χ2v) is 8.37. The number of ether oxygens (including phenoxy) is 2. The van der Waals surface area contributed by atoms with E-state index in [9.17, 15) is 8.78 Å². The fourth-order valence-electron chi connectivity index (χ4n) is 4.01. The number of likely N-dealkylation sites (tertiary alicyclic amines) is 1. The third kappa shape index (κ3) is 6.28. The highest BCUT2D eigenvalue weighted by Gasteiger charge is 2.32. The zero-order valence-electron chi connectivity index (χ0n) is 19.0. The van der Waals surface area contributed by atoms with Crippen LogP contribution in [0.4, 0.5) is 20.4 Å². The molecule has 1 saturated heterocycles. The number of alkyl halides is 2. The summed E-state index contributed by atoms with van der Waals surface area (Å²) in [6.45, 7) is 4.12. The third-order valence-electron chi connectivity index (χ3n) is 5.73. The third-order valence-corrected chi connectivity index (χ3v) is 5.73. The van der Waals surface area contributed by atoms with Crippen LogP contribution in [0.3, 0.4) is 0 Å². The molecular weight excluding hydrogens is 430 g/mol. The maximum atomic E-state index is 12.4. The SMILES string of the molecule is CCN1CCCC(Oc2cc(C)nc(/N=C(\N)N(c3ccc(OC(F)F)cc3)C3CC3)n2)C1. The lowest BCUT2D eigenvalue weighted by Crippen LogP contribution is -2.41. The Morgan fingerprint density at radius 3 is 2.67 bits per heavy atom. The molecule has 0 bridgehead atoms.